The van der Waals surface area contributed by atoms with Gasteiger partial charge >= 0.3 is 5.97 Å². The summed E-state index contributed by atoms with van der Waals surface area (Å²) in [5.74, 6) is -0.449. The summed E-state index contributed by atoms with van der Waals surface area (Å²) in [6, 6.07) is 11.6. The maximum Gasteiger partial charge on any atom is 0.338 e. The molecule has 1 heterocycles. The molecular formula is C21H22N2O4S. The normalized spacial score (nSPS) is 11.8. The highest BCUT2D eigenvalue weighted by atomic mass is 32.2. The van der Waals surface area contributed by atoms with Gasteiger partial charge < -0.3 is 4.74 Å². The molecule has 146 valence electrons. The SMILES string of the molecule is Cc1nnc2ccc(C(=O)OCc3ccc(S(=O)(=O)C(C)C)cc3)cc2c1C. The van der Waals surface area contributed by atoms with Crippen LogP contribution in [0.15, 0.2) is 47.4 Å². The molecule has 0 saturated heterocycles. The number of hydrogen-bond acceptors (Lipinski definition) is 6. The molecule has 0 aliphatic carbocycles. The van der Waals surface area contributed by atoms with E-state index in [1.807, 2.05) is 13.8 Å². The molecule has 0 bridgehead atoms. The van der Waals surface area contributed by atoms with Gasteiger partial charge in [0.25, 0.3) is 0 Å². The van der Waals surface area contributed by atoms with Crippen LogP contribution in [0.1, 0.15) is 41.0 Å². The Morgan fingerprint density at radius 1 is 1.04 bits per heavy atom. The number of esters is 1. The molecule has 0 fully saturated rings. The second kappa shape index (κ2) is 7.67. The molecule has 28 heavy (non-hydrogen) atoms. The predicted octanol–water partition coefficient (Wildman–Crippen LogP) is 3.79. The van der Waals surface area contributed by atoms with Gasteiger partial charge in [-0.3, -0.25) is 0 Å². The van der Waals surface area contributed by atoms with Crippen LogP contribution < -0.4 is 0 Å². The Morgan fingerprint density at radius 3 is 2.36 bits per heavy atom. The smallest absolute Gasteiger partial charge is 0.338 e. The quantitative estimate of drug-likeness (QED) is 0.608. The number of carbonyl (C=O) groups excluding carboxylic acids is 1. The van der Waals surface area contributed by atoms with Gasteiger partial charge in [0.05, 0.1) is 26.9 Å². The van der Waals surface area contributed by atoms with Gasteiger partial charge in [0.15, 0.2) is 9.84 Å². The zero-order valence-electron chi connectivity index (χ0n) is 16.3. The maximum absolute atomic E-state index is 12.4. The molecular weight excluding hydrogens is 376 g/mol. The van der Waals surface area contributed by atoms with E-state index in [0.717, 1.165) is 27.7 Å². The van der Waals surface area contributed by atoms with Gasteiger partial charge in [-0.05, 0) is 69.2 Å². The van der Waals surface area contributed by atoms with Crippen molar-refractivity contribution in [1.82, 2.24) is 10.2 Å². The average Bonchev–Trinajstić information content (AvgIpc) is 2.69. The van der Waals surface area contributed by atoms with Crippen molar-refractivity contribution in [2.45, 2.75) is 44.4 Å². The predicted molar refractivity (Wildman–Crippen MR) is 107 cm³/mol. The number of fused-ring (bicyclic) bond motifs is 1. The van der Waals surface area contributed by atoms with Crippen molar-refractivity contribution in [3.63, 3.8) is 0 Å². The molecule has 0 aliphatic rings. The second-order valence-corrected chi connectivity index (χ2v) is 9.46. The van der Waals surface area contributed by atoms with E-state index < -0.39 is 21.1 Å². The van der Waals surface area contributed by atoms with Crippen LogP contribution in [0, 0.1) is 13.8 Å². The Morgan fingerprint density at radius 2 is 1.71 bits per heavy atom. The molecule has 0 radical (unpaired) electrons. The number of aromatic nitrogens is 2. The molecule has 3 rings (SSSR count). The average molecular weight is 398 g/mol. The van der Waals surface area contributed by atoms with E-state index >= 15 is 0 Å². The van der Waals surface area contributed by atoms with Gasteiger partial charge in [-0.25, -0.2) is 13.2 Å². The number of carbonyl (C=O) groups is 1. The van der Waals surface area contributed by atoms with Crippen LogP contribution in [0.2, 0.25) is 0 Å². The molecule has 2 aromatic carbocycles. The zero-order chi connectivity index (χ0) is 20.5. The molecule has 1 aromatic heterocycles. The number of nitrogens with zero attached hydrogens (tertiary/aromatic N) is 2. The molecule has 0 unspecified atom stereocenters. The Hall–Kier alpha value is -2.80. The van der Waals surface area contributed by atoms with Crippen molar-refractivity contribution in [3.8, 4) is 0 Å². The molecule has 6 nitrogen and oxygen atoms in total. The topological polar surface area (TPSA) is 86.2 Å². The third-order valence-corrected chi connectivity index (χ3v) is 6.90. The van der Waals surface area contributed by atoms with Crippen molar-refractivity contribution in [2.75, 3.05) is 0 Å². The number of ether oxygens (including phenoxy) is 1. The molecule has 0 saturated carbocycles. The minimum absolute atomic E-state index is 0.0610. The van der Waals surface area contributed by atoms with Gasteiger partial charge in [-0.1, -0.05) is 12.1 Å². The van der Waals surface area contributed by atoms with Crippen LogP contribution >= 0.6 is 0 Å². The van der Waals surface area contributed by atoms with Crippen LogP contribution in [0.25, 0.3) is 10.9 Å². The molecule has 3 aromatic rings. The fraction of sp³-hybridized carbons (Fsp3) is 0.286. The van der Waals surface area contributed by atoms with Crippen LogP contribution in [-0.4, -0.2) is 29.8 Å². The summed E-state index contributed by atoms with van der Waals surface area (Å²) in [4.78, 5) is 12.7. The van der Waals surface area contributed by atoms with Gasteiger partial charge in [0, 0.05) is 5.39 Å². The summed E-state index contributed by atoms with van der Waals surface area (Å²) in [6.07, 6.45) is 0. The van der Waals surface area contributed by atoms with E-state index in [2.05, 4.69) is 10.2 Å². The largest absolute Gasteiger partial charge is 0.457 e. The van der Waals surface area contributed by atoms with Crippen molar-refractivity contribution >= 4 is 26.7 Å². The first-order chi connectivity index (χ1) is 13.2. The lowest BCUT2D eigenvalue weighted by molar-refractivity contribution is 0.0473. The Balaban J connectivity index is 1.74. The number of hydrogen-bond donors (Lipinski definition) is 0. The fourth-order valence-corrected chi connectivity index (χ4v) is 3.79. The van der Waals surface area contributed by atoms with Crippen LogP contribution in [0.4, 0.5) is 0 Å². The van der Waals surface area contributed by atoms with E-state index in [1.54, 1.807) is 56.3 Å². The lowest BCUT2D eigenvalue weighted by Crippen LogP contribution is -2.14. The monoisotopic (exact) mass is 398 g/mol. The maximum atomic E-state index is 12.4. The summed E-state index contributed by atoms with van der Waals surface area (Å²) in [5, 5.41) is 8.59. The van der Waals surface area contributed by atoms with E-state index in [1.165, 1.54) is 0 Å². The third kappa shape index (κ3) is 3.89. The highest BCUT2D eigenvalue weighted by Crippen LogP contribution is 2.21. The number of sulfone groups is 1. The summed E-state index contributed by atoms with van der Waals surface area (Å²) in [5.41, 5.74) is 3.66. The van der Waals surface area contributed by atoms with E-state index in [0.29, 0.717) is 5.56 Å². The minimum atomic E-state index is -3.32. The first-order valence-electron chi connectivity index (χ1n) is 8.93. The summed E-state index contributed by atoms with van der Waals surface area (Å²) >= 11 is 0. The molecule has 0 aliphatic heterocycles. The standard InChI is InChI=1S/C21H22N2O4S/c1-13(2)28(25,26)18-8-5-16(6-9-18)12-27-21(24)17-7-10-20-19(11-17)14(3)15(4)22-23-20/h5-11,13H,12H2,1-4H3. The second-order valence-electron chi connectivity index (χ2n) is 6.96. The summed E-state index contributed by atoms with van der Waals surface area (Å²) < 4.78 is 29.7. The highest BCUT2D eigenvalue weighted by molar-refractivity contribution is 7.92. The van der Waals surface area contributed by atoms with Crippen molar-refractivity contribution in [1.29, 1.82) is 0 Å². The number of aryl methyl sites for hydroxylation is 2. The molecule has 0 atom stereocenters. The van der Waals surface area contributed by atoms with Crippen molar-refractivity contribution in [2.24, 2.45) is 0 Å². The van der Waals surface area contributed by atoms with E-state index in [-0.39, 0.29) is 11.5 Å². The van der Waals surface area contributed by atoms with Crippen LogP contribution in [0.3, 0.4) is 0 Å². The van der Waals surface area contributed by atoms with Gasteiger partial charge in [0.2, 0.25) is 0 Å². The molecule has 0 amide bonds. The lowest BCUT2D eigenvalue weighted by atomic mass is 10.1. The van der Waals surface area contributed by atoms with Crippen LogP contribution in [-0.2, 0) is 21.2 Å². The summed E-state index contributed by atoms with van der Waals surface area (Å²) in [7, 11) is -3.32. The Labute approximate surface area is 164 Å². The van der Waals surface area contributed by atoms with Gasteiger partial charge in [-0.15, -0.1) is 0 Å². The first-order valence-corrected chi connectivity index (χ1v) is 10.5. The Kier molecular flexibility index (Phi) is 5.47. The van der Waals surface area contributed by atoms with E-state index in [9.17, 15) is 13.2 Å². The number of benzene rings is 2. The zero-order valence-corrected chi connectivity index (χ0v) is 17.1. The molecule has 7 heteroatoms. The van der Waals surface area contributed by atoms with Gasteiger partial charge in [-0.2, -0.15) is 10.2 Å². The minimum Gasteiger partial charge on any atom is -0.457 e. The third-order valence-electron chi connectivity index (χ3n) is 4.73. The van der Waals surface area contributed by atoms with Gasteiger partial charge in [0.1, 0.15) is 6.61 Å². The van der Waals surface area contributed by atoms with Crippen molar-refractivity contribution in [3.05, 3.63) is 64.8 Å². The first kappa shape index (κ1) is 19.9. The Bertz CT molecular complexity index is 1140. The number of rotatable bonds is 5. The summed E-state index contributed by atoms with van der Waals surface area (Å²) in [6.45, 7) is 7.16. The molecule has 0 spiro atoms. The highest BCUT2D eigenvalue weighted by Gasteiger charge is 2.19. The van der Waals surface area contributed by atoms with Crippen molar-refractivity contribution < 1.29 is 17.9 Å². The lowest BCUT2D eigenvalue weighted by Gasteiger charge is -2.10. The van der Waals surface area contributed by atoms with E-state index in [4.69, 9.17) is 4.74 Å². The molecule has 0 N–H and O–H groups in total. The van der Waals surface area contributed by atoms with Crippen LogP contribution in [0.5, 0.6) is 0 Å². The fourth-order valence-electron chi connectivity index (χ4n) is 2.73.